The van der Waals surface area contributed by atoms with Gasteiger partial charge >= 0.3 is 22.2 Å². The van der Waals surface area contributed by atoms with Gasteiger partial charge in [0.2, 0.25) is 0 Å². The zero-order valence-corrected chi connectivity index (χ0v) is 18.8. The molecule has 0 aliphatic rings. The molecular weight excluding hydrogens is 424 g/mol. The number of carbonyl (C=O) groups is 2. The van der Waals surface area contributed by atoms with Crippen LogP contribution in [0.3, 0.4) is 0 Å². The van der Waals surface area contributed by atoms with Crippen LogP contribution in [0.15, 0.2) is 34.1 Å². The quantitative estimate of drug-likeness (QED) is 0.626. The molecule has 0 N–H and O–H groups in total. The number of hydrogen-bond acceptors (Lipinski definition) is 8. The molecule has 2 amide bonds. The predicted octanol–water partition coefficient (Wildman–Crippen LogP) is 2.41. The smallest absolute Gasteiger partial charge is 0.441 e. The second-order valence-corrected chi connectivity index (χ2v) is 10.7. The zero-order valence-electron chi connectivity index (χ0n) is 17.2. The lowest BCUT2D eigenvalue weighted by molar-refractivity contribution is -0.0570. The highest BCUT2D eigenvalue weighted by Gasteiger charge is 2.40. The maximum absolute atomic E-state index is 13.1. The number of hydrogen-bond donors (Lipinski definition) is 0. The molecule has 0 radical (unpaired) electrons. The van der Waals surface area contributed by atoms with E-state index >= 15 is 0 Å². The van der Waals surface area contributed by atoms with Gasteiger partial charge in [-0.2, -0.15) is 8.42 Å². The molecule has 1 aromatic rings. The Bertz CT molecular complexity index is 961. The molecule has 1 aromatic carbocycles. The average molecular weight is 451 g/mol. The summed E-state index contributed by atoms with van der Waals surface area (Å²) in [6, 6.07) is 4.67. The van der Waals surface area contributed by atoms with Crippen molar-refractivity contribution in [3.63, 3.8) is 0 Å². The van der Waals surface area contributed by atoms with Crippen molar-refractivity contribution in [3.05, 3.63) is 24.3 Å². The summed E-state index contributed by atoms with van der Waals surface area (Å²) < 4.78 is 55.1. The van der Waals surface area contributed by atoms with E-state index in [0.29, 0.717) is 0 Å². The monoisotopic (exact) mass is 450 g/mol. The van der Waals surface area contributed by atoms with Gasteiger partial charge in [-0.1, -0.05) is 12.1 Å². The van der Waals surface area contributed by atoms with Crippen molar-refractivity contribution in [2.75, 3.05) is 19.3 Å². The largest absolute Gasteiger partial charge is 0.459 e. The molecule has 0 aliphatic heterocycles. The van der Waals surface area contributed by atoms with Gasteiger partial charge in [0.25, 0.3) is 0 Å². The molecule has 0 fully saturated rings. The molecule has 0 heterocycles. The van der Waals surface area contributed by atoms with E-state index in [1.54, 1.807) is 13.8 Å². The van der Waals surface area contributed by atoms with Crippen molar-refractivity contribution < 1.29 is 36.0 Å². The highest BCUT2D eigenvalue weighted by molar-refractivity contribution is 7.93. The number of ether oxygens (including phenoxy) is 1. The molecule has 10 nitrogen and oxygen atoms in total. The minimum absolute atomic E-state index is 0.192. The average Bonchev–Trinajstić information content (AvgIpc) is 2.58. The predicted molar refractivity (Wildman–Crippen MR) is 104 cm³/mol. The summed E-state index contributed by atoms with van der Waals surface area (Å²) in [7, 11) is -8.90. The van der Waals surface area contributed by atoms with Crippen LogP contribution in [0.2, 0.25) is 0 Å². The highest BCUT2D eigenvalue weighted by atomic mass is 32.2. The molecule has 0 saturated carbocycles. The van der Waals surface area contributed by atoms with Crippen molar-refractivity contribution in [1.29, 1.82) is 0 Å². The highest BCUT2D eigenvalue weighted by Crippen LogP contribution is 2.26. The van der Waals surface area contributed by atoms with Crippen LogP contribution in [0.25, 0.3) is 0 Å². The number of sulfonamides is 1. The fraction of sp³-hybridized carbons (Fsp3) is 0.529. The second-order valence-electron chi connectivity index (χ2n) is 6.96. The molecule has 29 heavy (non-hydrogen) atoms. The number of carbonyl (C=O) groups excluding carboxylic acids is 2. The van der Waals surface area contributed by atoms with Gasteiger partial charge in [-0.3, -0.25) is 4.84 Å². The lowest BCUT2D eigenvalue weighted by atomic mass is 10.2. The third kappa shape index (κ3) is 6.32. The summed E-state index contributed by atoms with van der Waals surface area (Å²) in [6.45, 7) is 8.13. The number of hydroxylamine groups is 1. The number of rotatable bonds is 5. The van der Waals surface area contributed by atoms with Gasteiger partial charge in [0, 0.05) is 19.3 Å². The molecule has 0 unspecified atom stereocenters. The third-order valence-corrected chi connectivity index (χ3v) is 6.33. The van der Waals surface area contributed by atoms with E-state index in [4.69, 9.17) is 9.57 Å². The van der Waals surface area contributed by atoms with Crippen LogP contribution in [0.5, 0.6) is 0 Å². The lowest BCUT2D eigenvalue weighted by Gasteiger charge is -2.27. The summed E-state index contributed by atoms with van der Waals surface area (Å²) in [5.74, 6) is 0. The summed E-state index contributed by atoms with van der Waals surface area (Å²) in [5, 5.41) is 0. The van der Waals surface area contributed by atoms with Crippen LogP contribution in [-0.4, -0.2) is 63.3 Å². The number of benzene rings is 1. The standard InChI is InChI=1S/C17H26N2O8S2/c1-7-18(8-2)15(20)27-19(16(21)26-17(3,4)5)29(24,25)14-12-10-9-11-13(14)28(6,22)23/h9-12H,7-8H2,1-6H3. The zero-order chi connectivity index (χ0) is 22.6. The molecule has 0 aromatic heterocycles. The van der Waals surface area contributed by atoms with Crippen molar-refractivity contribution in [2.45, 2.75) is 50.0 Å². The van der Waals surface area contributed by atoms with Crippen LogP contribution in [0.4, 0.5) is 9.59 Å². The first-order chi connectivity index (χ1) is 13.1. The van der Waals surface area contributed by atoms with Gasteiger partial charge in [-0.05, 0) is 51.2 Å². The van der Waals surface area contributed by atoms with Crippen LogP contribution in [0, 0.1) is 0 Å². The van der Waals surface area contributed by atoms with Gasteiger partial charge in [0.1, 0.15) is 10.5 Å². The van der Waals surface area contributed by atoms with Crippen molar-refractivity contribution in [1.82, 2.24) is 9.37 Å². The molecule has 0 spiro atoms. The second kappa shape index (κ2) is 8.99. The van der Waals surface area contributed by atoms with Gasteiger partial charge in [0.05, 0.1) is 4.90 Å². The van der Waals surface area contributed by atoms with E-state index in [1.807, 2.05) is 0 Å². The topological polar surface area (TPSA) is 127 Å². The van der Waals surface area contributed by atoms with Gasteiger partial charge in [0.15, 0.2) is 9.84 Å². The summed E-state index contributed by atoms with van der Waals surface area (Å²) in [4.78, 5) is 29.6. The number of amides is 2. The number of nitrogens with zero attached hydrogens (tertiary/aromatic N) is 2. The van der Waals surface area contributed by atoms with Gasteiger partial charge in [-0.25, -0.2) is 18.0 Å². The fourth-order valence-electron chi connectivity index (χ4n) is 2.15. The molecule has 0 atom stereocenters. The van der Waals surface area contributed by atoms with Crippen LogP contribution >= 0.6 is 0 Å². The third-order valence-electron chi connectivity index (χ3n) is 3.47. The first-order valence-electron chi connectivity index (χ1n) is 8.69. The first kappa shape index (κ1) is 24.7. The normalized spacial score (nSPS) is 12.2. The van der Waals surface area contributed by atoms with E-state index < -0.39 is 47.4 Å². The molecular formula is C17H26N2O8S2. The maximum Gasteiger partial charge on any atom is 0.459 e. The van der Waals surface area contributed by atoms with E-state index in [-0.39, 0.29) is 17.6 Å². The Kier molecular flexibility index (Phi) is 7.66. The summed E-state index contributed by atoms with van der Waals surface area (Å²) in [5.41, 5.74) is -1.11. The summed E-state index contributed by atoms with van der Waals surface area (Å²) >= 11 is 0. The molecule has 1 rings (SSSR count). The summed E-state index contributed by atoms with van der Waals surface area (Å²) in [6.07, 6.45) is -1.77. The maximum atomic E-state index is 13.1. The van der Waals surface area contributed by atoms with Crippen molar-refractivity contribution in [2.24, 2.45) is 0 Å². The van der Waals surface area contributed by atoms with Gasteiger partial charge in [-0.15, -0.1) is 0 Å². The fourth-order valence-corrected chi connectivity index (χ4v) is 4.83. The molecule has 12 heteroatoms. The Morgan fingerprint density at radius 3 is 1.83 bits per heavy atom. The molecule has 164 valence electrons. The van der Waals surface area contributed by atoms with Crippen LogP contribution < -0.4 is 0 Å². The van der Waals surface area contributed by atoms with Crippen LogP contribution in [-0.2, 0) is 29.4 Å². The first-order valence-corrected chi connectivity index (χ1v) is 12.0. The van der Waals surface area contributed by atoms with E-state index in [0.717, 1.165) is 23.3 Å². The minimum Gasteiger partial charge on any atom is -0.441 e. The Morgan fingerprint density at radius 1 is 0.931 bits per heavy atom. The van der Waals surface area contributed by atoms with Crippen LogP contribution in [0.1, 0.15) is 34.6 Å². The molecule has 0 bridgehead atoms. The van der Waals surface area contributed by atoms with Crippen molar-refractivity contribution >= 4 is 32.0 Å². The minimum atomic E-state index is -4.92. The van der Waals surface area contributed by atoms with E-state index in [2.05, 4.69) is 0 Å². The molecule has 0 aliphatic carbocycles. The number of sulfone groups is 1. The Hall–Kier alpha value is -2.34. The van der Waals surface area contributed by atoms with Crippen molar-refractivity contribution in [3.8, 4) is 0 Å². The Labute approximate surface area is 171 Å². The van der Waals surface area contributed by atoms with Gasteiger partial charge < -0.3 is 9.64 Å². The lowest BCUT2D eigenvalue weighted by Crippen LogP contribution is -2.45. The molecule has 0 saturated heterocycles. The van der Waals surface area contributed by atoms with E-state index in [9.17, 15) is 26.4 Å². The Morgan fingerprint density at radius 2 is 1.41 bits per heavy atom. The Balaban J connectivity index is 3.57. The SMILES string of the molecule is CCN(CC)C(=O)ON(C(=O)OC(C)(C)C)S(=O)(=O)c1ccccc1S(C)(=O)=O. The van der Waals surface area contributed by atoms with E-state index in [1.165, 1.54) is 32.9 Å².